The summed E-state index contributed by atoms with van der Waals surface area (Å²) in [6.45, 7) is 7.12. The molecule has 5 rings (SSSR count). The molecule has 1 aliphatic heterocycles. The van der Waals surface area contributed by atoms with E-state index >= 15 is 4.39 Å². The fraction of sp³-hybridized carbons (Fsp3) is 0.310. The van der Waals surface area contributed by atoms with E-state index in [1.54, 1.807) is 29.2 Å². The third-order valence-corrected chi connectivity index (χ3v) is 6.45. The number of hydrogen-bond donors (Lipinski definition) is 0. The van der Waals surface area contributed by atoms with Crippen molar-refractivity contribution in [2.24, 2.45) is 0 Å². The lowest BCUT2D eigenvalue weighted by Gasteiger charge is -2.36. The van der Waals surface area contributed by atoms with E-state index < -0.39 is 17.2 Å². The van der Waals surface area contributed by atoms with Crippen LogP contribution in [0.15, 0.2) is 36.5 Å². The number of rotatable bonds is 3. The second-order valence-electron chi connectivity index (χ2n) is 10.1. The van der Waals surface area contributed by atoms with Crippen molar-refractivity contribution in [2.75, 3.05) is 38.2 Å². The maximum atomic E-state index is 16.2. The number of anilines is 1. The van der Waals surface area contributed by atoms with Crippen molar-refractivity contribution in [3.05, 3.63) is 53.7 Å². The Morgan fingerprint density at radius 2 is 1.82 bits per heavy atom. The van der Waals surface area contributed by atoms with Crippen LogP contribution in [-0.4, -0.2) is 64.8 Å². The molecule has 0 spiro atoms. The monoisotopic (exact) mass is 531 g/mol. The highest BCUT2D eigenvalue weighted by molar-refractivity contribution is 6.02. The van der Waals surface area contributed by atoms with E-state index in [2.05, 4.69) is 20.9 Å². The number of halogens is 2. The molecule has 0 unspecified atom stereocenters. The Hall–Kier alpha value is -4.52. The molecular weight excluding hydrogens is 504 g/mol. The van der Waals surface area contributed by atoms with Gasteiger partial charge in [0.2, 0.25) is 0 Å². The molecule has 3 heterocycles. The van der Waals surface area contributed by atoms with Crippen LogP contribution in [0.2, 0.25) is 0 Å². The minimum atomic E-state index is -0.707. The first-order chi connectivity index (χ1) is 18.6. The van der Waals surface area contributed by atoms with Crippen LogP contribution in [0.5, 0.6) is 6.01 Å². The molecule has 2 aromatic carbocycles. The van der Waals surface area contributed by atoms with Crippen LogP contribution in [0.25, 0.3) is 32.9 Å². The zero-order valence-electron chi connectivity index (χ0n) is 22.1. The molecule has 4 aromatic rings. The summed E-state index contributed by atoms with van der Waals surface area (Å²) < 4.78 is 41.5. The molecule has 10 heteroatoms. The fourth-order valence-corrected chi connectivity index (χ4v) is 4.66. The van der Waals surface area contributed by atoms with E-state index in [1.807, 2.05) is 25.7 Å². The number of carbonyl (C=O) groups excluding carboxylic acids is 1. The van der Waals surface area contributed by atoms with Gasteiger partial charge in [-0.2, -0.15) is 9.97 Å². The first-order valence-corrected chi connectivity index (χ1v) is 12.4. The van der Waals surface area contributed by atoms with Crippen molar-refractivity contribution in [3.63, 3.8) is 0 Å². The number of carbonyl (C=O) groups is 1. The number of pyridine rings is 1. The highest BCUT2D eigenvalue weighted by Crippen LogP contribution is 2.36. The van der Waals surface area contributed by atoms with Crippen LogP contribution >= 0.6 is 0 Å². The SMILES string of the molecule is C#Cc1c(F)ccc2cccc(-c3ncc4c(N5CCN(C(=O)OC(C)(C)C)CC5)nc(OC)nc4c3F)c12. The van der Waals surface area contributed by atoms with Gasteiger partial charge in [0.1, 0.15) is 28.4 Å². The number of methoxy groups -OCH3 is 1. The Balaban J connectivity index is 1.56. The number of nitrogens with zero attached hydrogens (tertiary/aromatic N) is 5. The fourth-order valence-electron chi connectivity index (χ4n) is 4.66. The standard InChI is InChI=1S/C29H27F2N5O3/c1-6-18-21(30)11-10-17-8-7-9-19(22(17)18)24-23(31)25-20(16-32-24)26(34-27(33-25)38-5)35-12-14-36(15-13-35)28(37)39-29(2,3)4/h1,7-11,16H,12-15H2,2-5H3. The number of hydrogen-bond acceptors (Lipinski definition) is 7. The van der Waals surface area contributed by atoms with Crippen LogP contribution in [0, 0.1) is 24.0 Å². The lowest BCUT2D eigenvalue weighted by Crippen LogP contribution is -2.50. The van der Waals surface area contributed by atoms with Gasteiger partial charge in [-0.05, 0) is 32.2 Å². The van der Waals surface area contributed by atoms with Gasteiger partial charge in [0.15, 0.2) is 5.82 Å². The number of piperazine rings is 1. The lowest BCUT2D eigenvalue weighted by atomic mass is 9.96. The average Bonchev–Trinajstić information content (AvgIpc) is 2.92. The highest BCUT2D eigenvalue weighted by Gasteiger charge is 2.28. The van der Waals surface area contributed by atoms with Gasteiger partial charge in [0.25, 0.3) is 0 Å². The van der Waals surface area contributed by atoms with Crippen molar-refractivity contribution in [1.29, 1.82) is 0 Å². The summed E-state index contributed by atoms with van der Waals surface area (Å²) in [5, 5.41) is 1.43. The molecule has 0 radical (unpaired) electrons. The van der Waals surface area contributed by atoms with Crippen LogP contribution in [0.1, 0.15) is 26.3 Å². The van der Waals surface area contributed by atoms with Gasteiger partial charge < -0.3 is 19.3 Å². The van der Waals surface area contributed by atoms with Crippen LogP contribution in [0.3, 0.4) is 0 Å². The maximum absolute atomic E-state index is 16.2. The summed E-state index contributed by atoms with van der Waals surface area (Å²) in [7, 11) is 1.40. The van der Waals surface area contributed by atoms with E-state index in [0.717, 1.165) is 0 Å². The summed E-state index contributed by atoms with van der Waals surface area (Å²) in [5.74, 6) is 1.54. The zero-order valence-corrected chi connectivity index (χ0v) is 22.1. The van der Waals surface area contributed by atoms with Crippen molar-refractivity contribution in [3.8, 4) is 29.6 Å². The Bertz CT molecular complexity index is 1640. The normalized spacial score (nSPS) is 14.0. The summed E-state index contributed by atoms with van der Waals surface area (Å²) >= 11 is 0. The topological polar surface area (TPSA) is 80.7 Å². The molecule has 1 saturated heterocycles. The Kier molecular flexibility index (Phi) is 6.68. The maximum Gasteiger partial charge on any atom is 0.410 e. The molecule has 200 valence electrons. The van der Waals surface area contributed by atoms with Gasteiger partial charge in [0, 0.05) is 43.3 Å². The van der Waals surface area contributed by atoms with Gasteiger partial charge in [-0.1, -0.05) is 30.2 Å². The van der Waals surface area contributed by atoms with E-state index in [1.165, 1.54) is 19.4 Å². The molecule has 2 aromatic heterocycles. The molecular formula is C29H27F2N5O3. The highest BCUT2D eigenvalue weighted by atomic mass is 19.1. The smallest absolute Gasteiger partial charge is 0.410 e. The molecule has 39 heavy (non-hydrogen) atoms. The first kappa shape index (κ1) is 26.1. The predicted molar refractivity (Wildman–Crippen MR) is 145 cm³/mol. The van der Waals surface area contributed by atoms with E-state index in [0.29, 0.717) is 53.7 Å². The summed E-state index contributed by atoms with van der Waals surface area (Å²) in [4.78, 5) is 29.2. The minimum Gasteiger partial charge on any atom is -0.467 e. The van der Waals surface area contributed by atoms with Gasteiger partial charge in [-0.3, -0.25) is 4.98 Å². The Labute approximate surface area is 224 Å². The lowest BCUT2D eigenvalue weighted by molar-refractivity contribution is 0.0240. The van der Waals surface area contributed by atoms with Gasteiger partial charge in [-0.15, -0.1) is 6.42 Å². The number of ether oxygens (including phenoxy) is 2. The van der Waals surface area contributed by atoms with Crippen LogP contribution in [0.4, 0.5) is 19.4 Å². The first-order valence-electron chi connectivity index (χ1n) is 12.4. The quantitative estimate of drug-likeness (QED) is 0.338. The molecule has 0 atom stereocenters. The number of fused-ring (bicyclic) bond motifs is 2. The number of benzene rings is 2. The summed E-state index contributed by atoms with van der Waals surface area (Å²) in [5.41, 5.74) is -0.219. The van der Waals surface area contributed by atoms with Crippen molar-refractivity contribution in [2.45, 2.75) is 26.4 Å². The Morgan fingerprint density at radius 1 is 1.08 bits per heavy atom. The van der Waals surface area contributed by atoms with E-state index in [-0.39, 0.29) is 28.9 Å². The molecule has 1 amide bonds. The van der Waals surface area contributed by atoms with Crippen LogP contribution in [-0.2, 0) is 4.74 Å². The van der Waals surface area contributed by atoms with Crippen LogP contribution < -0.4 is 9.64 Å². The largest absolute Gasteiger partial charge is 0.467 e. The third kappa shape index (κ3) is 4.88. The van der Waals surface area contributed by atoms with Gasteiger partial charge in [0.05, 0.1) is 18.1 Å². The van der Waals surface area contributed by atoms with E-state index in [9.17, 15) is 9.18 Å². The molecule has 1 aliphatic rings. The summed E-state index contributed by atoms with van der Waals surface area (Å²) in [6.07, 6.45) is 6.72. The van der Waals surface area contributed by atoms with Gasteiger partial charge in [-0.25, -0.2) is 13.6 Å². The second-order valence-corrected chi connectivity index (χ2v) is 10.1. The van der Waals surface area contributed by atoms with E-state index in [4.69, 9.17) is 15.9 Å². The Morgan fingerprint density at radius 3 is 2.49 bits per heavy atom. The van der Waals surface area contributed by atoms with Crippen molar-refractivity contribution >= 4 is 33.6 Å². The summed E-state index contributed by atoms with van der Waals surface area (Å²) in [6, 6.07) is 8.02. The number of aromatic nitrogens is 3. The molecule has 1 fully saturated rings. The molecule has 8 nitrogen and oxygen atoms in total. The van der Waals surface area contributed by atoms with Gasteiger partial charge >= 0.3 is 12.1 Å². The predicted octanol–water partition coefficient (Wildman–Crippen LogP) is 5.17. The molecule has 0 saturated carbocycles. The zero-order chi connectivity index (χ0) is 27.9. The third-order valence-electron chi connectivity index (χ3n) is 6.45. The van der Waals surface area contributed by atoms with Crippen molar-refractivity contribution in [1.82, 2.24) is 19.9 Å². The minimum absolute atomic E-state index is 0.00656. The number of amides is 1. The number of terminal acetylenes is 1. The second kappa shape index (κ2) is 9.98. The van der Waals surface area contributed by atoms with Crippen molar-refractivity contribution < 1.29 is 23.0 Å². The average molecular weight is 532 g/mol. The molecule has 0 bridgehead atoms. The molecule has 0 aliphatic carbocycles. The molecule has 0 N–H and O–H groups in total.